The number of aromatic nitrogens is 2. The monoisotopic (exact) mass is 263 g/mol. The first-order chi connectivity index (χ1) is 9.28. The quantitative estimate of drug-likeness (QED) is 0.857. The van der Waals surface area contributed by atoms with Gasteiger partial charge in [0.05, 0.1) is 24.7 Å². The Bertz CT molecular complexity index is 400. The molecule has 1 amide bonds. The standard InChI is InChI=1S/C14H21N3O2/c1-2-19-14-15-9-12(10-16-14)17-13(18)8-7-11-5-3-4-6-11/h9-11H,2-8H2,1H3,(H,17,18). The lowest BCUT2D eigenvalue weighted by atomic mass is 10.0. The molecule has 1 saturated carbocycles. The minimum absolute atomic E-state index is 0.0414. The fraction of sp³-hybridized carbons (Fsp3) is 0.643. The molecular formula is C14H21N3O2. The van der Waals surface area contributed by atoms with Crippen molar-refractivity contribution in [3.05, 3.63) is 12.4 Å². The molecule has 5 heteroatoms. The number of hydrogen-bond acceptors (Lipinski definition) is 4. The summed E-state index contributed by atoms with van der Waals surface area (Å²) in [6.07, 6.45) is 9.91. The Morgan fingerprint density at radius 1 is 1.37 bits per heavy atom. The van der Waals surface area contributed by atoms with Gasteiger partial charge in [-0.1, -0.05) is 25.7 Å². The van der Waals surface area contributed by atoms with E-state index in [4.69, 9.17) is 4.74 Å². The molecule has 0 radical (unpaired) electrons. The van der Waals surface area contributed by atoms with E-state index in [0.29, 0.717) is 24.7 Å². The summed E-state index contributed by atoms with van der Waals surface area (Å²) in [6, 6.07) is 0.339. The molecular weight excluding hydrogens is 242 g/mol. The maximum atomic E-state index is 11.8. The number of ether oxygens (including phenoxy) is 1. The van der Waals surface area contributed by atoms with E-state index in [-0.39, 0.29) is 5.91 Å². The van der Waals surface area contributed by atoms with Crippen molar-refractivity contribution in [3.8, 4) is 6.01 Å². The van der Waals surface area contributed by atoms with E-state index in [1.807, 2.05) is 6.92 Å². The lowest BCUT2D eigenvalue weighted by Gasteiger charge is -2.09. The molecule has 0 bridgehead atoms. The first-order valence-corrected chi connectivity index (χ1v) is 7.02. The molecule has 104 valence electrons. The van der Waals surface area contributed by atoms with Crippen molar-refractivity contribution < 1.29 is 9.53 Å². The fourth-order valence-corrected chi connectivity index (χ4v) is 2.44. The van der Waals surface area contributed by atoms with Crippen LogP contribution in [0.2, 0.25) is 0 Å². The molecule has 19 heavy (non-hydrogen) atoms. The zero-order valence-corrected chi connectivity index (χ0v) is 11.4. The van der Waals surface area contributed by atoms with Crippen LogP contribution in [0.5, 0.6) is 6.01 Å². The summed E-state index contributed by atoms with van der Waals surface area (Å²) >= 11 is 0. The minimum atomic E-state index is 0.0414. The van der Waals surface area contributed by atoms with E-state index in [9.17, 15) is 4.79 Å². The van der Waals surface area contributed by atoms with Crippen molar-refractivity contribution in [1.29, 1.82) is 0 Å². The van der Waals surface area contributed by atoms with Crippen molar-refractivity contribution >= 4 is 11.6 Å². The van der Waals surface area contributed by atoms with E-state index in [2.05, 4.69) is 15.3 Å². The molecule has 1 aliphatic rings. The molecule has 1 aromatic heterocycles. The van der Waals surface area contributed by atoms with Crippen molar-refractivity contribution in [2.75, 3.05) is 11.9 Å². The van der Waals surface area contributed by atoms with Gasteiger partial charge in [0, 0.05) is 6.42 Å². The van der Waals surface area contributed by atoms with E-state index in [1.165, 1.54) is 25.7 Å². The summed E-state index contributed by atoms with van der Waals surface area (Å²) in [5.74, 6) is 0.780. The maximum Gasteiger partial charge on any atom is 0.316 e. The molecule has 0 spiro atoms. The van der Waals surface area contributed by atoms with Gasteiger partial charge in [-0.15, -0.1) is 0 Å². The molecule has 5 nitrogen and oxygen atoms in total. The Labute approximate surface area is 113 Å². The Kier molecular flexibility index (Phi) is 5.12. The molecule has 0 atom stereocenters. The van der Waals surface area contributed by atoms with Crippen molar-refractivity contribution in [1.82, 2.24) is 9.97 Å². The average Bonchev–Trinajstić information content (AvgIpc) is 2.92. The SMILES string of the molecule is CCOc1ncc(NC(=O)CCC2CCCC2)cn1. The topological polar surface area (TPSA) is 64.1 Å². The van der Waals surface area contributed by atoms with Gasteiger partial charge in [-0.05, 0) is 19.3 Å². The molecule has 0 aromatic carbocycles. The highest BCUT2D eigenvalue weighted by Crippen LogP contribution is 2.28. The first kappa shape index (κ1) is 13.8. The average molecular weight is 263 g/mol. The summed E-state index contributed by atoms with van der Waals surface area (Å²) in [7, 11) is 0. The summed E-state index contributed by atoms with van der Waals surface area (Å²) in [5.41, 5.74) is 0.625. The number of nitrogens with one attached hydrogen (secondary N) is 1. The third kappa shape index (κ3) is 4.50. The van der Waals surface area contributed by atoms with Crippen LogP contribution in [0.15, 0.2) is 12.4 Å². The second-order valence-electron chi connectivity index (χ2n) is 4.92. The zero-order chi connectivity index (χ0) is 13.5. The van der Waals surface area contributed by atoms with Crippen molar-refractivity contribution in [2.45, 2.75) is 45.4 Å². The van der Waals surface area contributed by atoms with Crippen LogP contribution in [-0.4, -0.2) is 22.5 Å². The van der Waals surface area contributed by atoms with Crippen LogP contribution in [0.4, 0.5) is 5.69 Å². The number of nitrogens with zero attached hydrogens (tertiary/aromatic N) is 2. The van der Waals surface area contributed by atoms with Gasteiger partial charge >= 0.3 is 6.01 Å². The van der Waals surface area contributed by atoms with Crippen LogP contribution in [0.1, 0.15) is 45.4 Å². The number of anilines is 1. The summed E-state index contributed by atoms with van der Waals surface area (Å²) in [6.45, 7) is 2.41. The van der Waals surface area contributed by atoms with Crippen LogP contribution in [0.3, 0.4) is 0 Å². The smallest absolute Gasteiger partial charge is 0.316 e. The van der Waals surface area contributed by atoms with E-state index < -0.39 is 0 Å². The predicted molar refractivity (Wildman–Crippen MR) is 73.0 cm³/mol. The third-order valence-corrected chi connectivity index (χ3v) is 3.44. The highest BCUT2D eigenvalue weighted by atomic mass is 16.5. The summed E-state index contributed by atoms with van der Waals surface area (Å²) in [4.78, 5) is 19.8. The van der Waals surface area contributed by atoms with Gasteiger partial charge in [-0.3, -0.25) is 4.79 Å². The Morgan fingerprint density at radius 2 is 2.05 bits per heavy atom. The summed E-state index contributed by atoms with van der Waals surface area (Å²) in [5, 5.41) is 2.82. The molecule has 2 rings (SSSR count). The molecule has 0 saturated heterocycles. The highest BCUT2D eigenvalue weighted by Gasteiger charge is 2.16. The lowest BCUT2D eigenvalue weighted by Crippen LogP contribution is -2.13. The number of rotatable bonds is 6. The minimum Gasteiger partial charge on any atom is -0.464 e. The van der Waals surface area contributed by atoms with Gasteiger partial charge in [0.15, 0.2) is 0 Å². The molecule has 1 heterocycles. The Balaban J connectivity index is 1.74. The maximum absolute atomic E-state index is 11.8. The second-order valence-corrected chi connectivity index (χ2v) is 4.92. The number of amides is 1. The Hall–Kier alpha value is -1.65. The molecule has 1 aliphatic carbocycles. The highest BCUT2D eigenvalue weighted by molar-refractivity contribution is 5.90. The van der Waals surface area contributed by atoms with Crippen LogP contribution in [0.25, 0.3) is 0 Å². The van der Waals surface area contributed by atoms with E-state index >= 15 is 0 Å². The lowest BCUT2D eigenvalue weighted by molar-refractivity contribution is -0.116. The van der Waals surface area contributed by atoms with E-state index in [1.54, 1.807) is 12.4 Å². The zero-order valence-electron chi connectivity index (χ0n) is 11.4. The number of carbonyl (C=O) groups excluding carboxylic acids is 1. The Morgan fingerprint density at radius 3 is 2.68 bits per heavy atom. The third-order valence-electron chi connectivity index (χ3n) is 3.44. The number of hydrogen-bond donors (Lipinski definition) is 1. The van der Waals surface area contributed by atoms with Crippen molar-refractivity contribution in [3.63, 3.8) is 0 Å². The molecule has 0 aliphatic heterocycles. The van der Waals surface area contributed by atoms with Gasteiger partial charge in [-0.2, -0.15) is 0 Å². The molecule has 0 unspecified atom stereocenters. The first-order valence-electron chi connectivity index (χ1n) is 7.02. The van der Waals surface area contributed by atoms with Gasteiger partial charge in [0.25, 0.3) is 0 Å². The molecule has 1 aromatic rings. The second kappa shape index (κ2) is 7.07. The van der Waals surface area contributed by atoms with Crippen LogP contribution < -0.4 is 10.1 Å². The summed E-state index contributed by atoms with van der Waals surface area (Å²) < 4.78 is 5.15. The fourth-order valence-electron chi connectivity index (χ4n) is 2.44. The van der Waals surface area contributed by atoms with Crippen molar-refractivity contribution in [2.24, 2.45) is 5.92 Å². The number of carbonyl (C=O) groups is 1. The molecule has 1 N–H and O–H groups in total. The van der Waals surface area contributed by atoms with Crippen LogP contribution in [0, 0.1) is 5.92 Å². The predicted octanol–water partition coefficient (Wildman–Crippen LogP) is 2.78. The van der Waals surface area contributed by atoms with E-state index in [0.717, 1.165) is 12.3 Å². The van der Waals surface area contributed by atoms with Crippen LogP contribution in [-0.2, 0) is 4.79 Å². The van der Waals surface area contributed by atoms with Crippen LogP contribution >= 0.6 is 0 Å². The molecule has 1 fully saturated rings. The normalized spacial score (nSPS) is 15.4. The van der Waals surface area contributed by atoms with Gasteiger partial charge in [0.2, 0.25) is 5.91 Å². The van der Waals surface area contributed by atoms with Gasteiger partial charge in [-0.25, -0.2) is 9.97 Å². The van der Waals surface area contributed by atoms with Gasteiger partial charge in [0.1, 0.15) is 0 Å². The van der Waals surface area contributed by atoms with Gasteiger partial charge < -0.3 is 10.1 Å². The largest absolute Gasteiger partial charge is 0.464 e.